The second-order valence-corrected chi connectivity index (χ2v) is 5.32. The van der Waals surface area contributed by atoms with Crippen LogP contribution in [0.1, 0.15) is 24.0 Å². The molecular weight excluding hydrogens is 292 g/mol. The van der Waals surface area contributed by atoms with Crippen LogP contribution >= 0.6 is 0 Å². The van der Waals surface area contributed by atoms with E-state index in [1.165, 1.54) is 0 Å². The van der Waals surface area contributed by atoms with Gasteiger partial charge in [-0.1, -0.05) is 30.3 Å². The first-order valence-electron chi connectivity index (χ1n) is 7.79. The smallest absolute Gasteiger partial charge is 0.224 e. The molecular formula is C17H22N4O2. The monoisotopic (exact) mass is 314 g/mol. The van der Waals surface area contributed by atoms with Crippen LogP contribution in [-0.4, -0.2) is 35.1 Å². The first-order valence-corrected chi connectivity index (χ1v) is 7.79. The Morgan fingerprint density at radius 2 is 1.78 bits per heavy atom. The van der Waals surface area contributed by atoms with E-state index in [0.717, 1.165) is 24.0 Å². The summed E-state index contributed by atoms with van der Waals surface area (Å²) in [5.74, 6) is -0.110. The Balaban J connectivity index is 1.51. The van der Waals surface area contributed by atoms with E-state index in [-0.39, 0.29) is 11.8 Å². The number of H-pyrrole nitrogens is 1. The summed E-state index contributed by atoms with van der Waals surface area (Å²) in [5.41, 5.74) is 2.10. The molecule has 1 heterocycles. The van der Waals surface area contributed by atoms with Gasteiger partial charge in [0.15, 0.2) is 0 Å². The van der Waals surface area contributed by atoms with Crippen molar-refractivity contribution in [2.75, 3.05) is 13.1 Å². The first kappa shape index (κ1) is 16.7. The standard InChI is InChI=1S/C17H22N4O2/c22-16(18-9-4-7-15-12-20-21-13-15)8-10-19-17(23)11-14-5-2-1-3-6-14/h1-3,5-6,12-13H,4,7-11H2,(H,18,22)(H,19,23)(H,20,21). The molecule has 122 valence electrons. The molecule has 0 radical (unpaired) electrons. The lowest BCUT2D eigenvalue weighted by atomic mass is 10.1. The number of nitrogens with zero attached hydrogens (tertiary/aromatic N) is 1. The summed E-state index contributed by atoms with van der Waals surface area (Å²) in [7, 11) is 0. The normalized spacial score (nSPS) is 10.3. The summed E-state index contributed by atoms with van der Waals surface area (Å²) < 4.78 is 0. The number of aromatic amines is 1. The van der Waals surface area contributed by atoms with Crippen LogP contribution in [0.4, 0.5) is 0 Å². The zero-order valence-corrected chi connectivity index (χ0v) is 13.0. The lowest BCUT2D eigenvalue weighted by Crippen LogP contribution is -2.32. The van der Waals surface area contributed by atoms with Gasteiger partial charge >= 0.3 is 0 Å². The van der Waals surface area contributed by atoms with Gasteiger partial charge in [-0.2, -0.15) is 5.10 Å². The molecule has 2 aromatic rings. The number of amides is 2. The molecule has 6 nitrogen and oxygen atoms in total. The van der Waals surface area contributed by atoms with Crippen LogP contribution in [0.15, 0.2) is 42.7 Å². The molecule has 0 bridgehead atoms. The lowest BCUT2D eigenvalue weighted by Gasteiger charge is -2.06. The minimum absolute atomic E-state index is 0.0443. The Kier molecular flexibility index (Phi) is 6.84. The number of hydrogen-bond acceptors (Lipinski definition) is 3. The van der Waals surface area contributed by atoms with E-state index in [9.17, 15) is 9.59 Å². The second kappa shape index (κ2) is 9.40. The van der Waals surface area contributed by atoms with Crippen molar-refractivity contribution >= 4 is 11.8 Å². The Hall–Kier alpha value is -2.63. The van der Waals surface area contributed by atoms with E-state index in [2.05, 4.69) is 20.8 Å². The van der Waals surface area contributed by atoms with Crippen LogP contribution in [0.25, 0.3) is 0 Å². The third kappa shape index (κ3) is 6.78. The number of hydrogen-bond donors (Lipinski definition) is 3. The minimum atomic E-state index is -0.0658. The summed E-state index contributed by atoms with van der Waals surface area (Å²) in [6.45, 7) is 0.987. The summed E-state index contributed by atoms with van der Waals surface area (Å²) in [4.78, 5) is 23.4. The van der Waals surface area contributed by atoms with Gasteiger partial charge in [-0.05, 0) is 24.0 Å². The number of aromatic nitrogens is 2. The van der Waals surface area contributed by atoms with Gasteiger partial charge in [0.2, 0.25) is 11.8 Å². The number of nitrogens with one attached hydrogen (secondary N) is 3. The zero-order valence-electron chi connectivity index (χ0n) is 13.0. The molecule has 0 spiro atoms. The number of rotatable bonds is 9. The van der Waals surface area contributed by atoms with E-state index in [1.807, 2.05) is 36.5 Å². The fraction of sp³-hybridized carbons (Fsp3) is 0.353. The van der Waals surface area contributed by atoms with Gasteiger partial charge in [0.1, 0.15) is 0 Å². The van der Waals surface area contributed by atoms with Crippen LogP contribution in [-0.2, 0) is 22.4 Å². The molecule has 0 unspecified atom stereocenters. The largest absolute Gasteiger partial charge is 0.356 e. The Bertz CT molecular complexity index is 596. The van der Waals surface area contributed by atoms with E-state index in [4.69, 9.17) is 0 Å². The van der Waals surface area contributed by atoms with Crippen LogP contribution in [0.5, 0.6) is 0 Å². The highest BCUT2D eigenvalue weighted by atomic mass is 16.2. The molecule has 0 saturated carbocycles. The van der Waals surface area contributed by atoms with Crippen molar-refractivity contribution in [3.8, 4) is 0 Å². The Morgan fingerprint density at radius 1 is 1.00 bits per heavy atom. The second-order valence-electron chi connectivity index (χ2n) is 5.32. The summed E-state index contributed by atoms with van der Waals surface area (Å²) in [6.07, 6.45) is 6.02. The van der Waals surface area contributed by atoms with Crippen molar-refractivity contribution in [2.45, 2.75) is 25.7 Å². The van der Waals surface area contributed by atoms with Crippen LogP contribution < -0.4 is 10.6 Å². The van der Waals surface area contributed by atoms with E-state index in [1.54, 1.807) is 6.20 Å². The molecule has 2 rings (SSSR count). The van der Waals surface area contributed by atoms with Crippen molar-refractivity contribution in [2.24, 2.45) is 0 Å². The van der Waals surface area contributed by atoms with Crippen molar-refractivity contribution in [1.82, 2.24) is 20.8 Å². The summed E-state index contributed by atoms with van der Waals surface area (Å²) >= 11 is 0. The Labute approximate surface area is 135 Å². The van der Waals surface area contributed by atoms with Crippen molar-refractivity contribution < 1.29 is 9.59 Å². The summed E-state index contributed by atoms with van der Waals surface area (Å²) in [5, 5.41) is 12.2. The molecule has 0 aliphatic carbocycles. The van der Waals surface area contributed by atoms with Crippen LogP contribution in [0, 0.1) is 0 Å². The molecule has 1 aromatic carbocycles. The van der Waals surface area contributed by atoms with Crippen LogP contribution in [0.2, 0.25) is 0 Å². The van der Waals surface area contributed by atoms with Crippen molar-refractivity contribution in [3.05, 3.63) is 53.9 Å². The maximum atomic E-state index is 11.7. The molecule has 0 saturated heterocycles. The van der Waals surface area contributed by atoms with E-state index < -0.39 is 0 Å². The van der Waals surface area contributed by atoms with Gasteiger partial charge in [0.05, 0.1) is 12.6 Å². The maximum Gasteiger partial charge on any atom is 0.224 e. The van der Waals surface area contributed by atoms with Gasteiger partial charge in [-0.15, -0.1) is 0 Å². The molecule has 2 amide bonds. The highest BCUT2D eigenvalue weighted by Crippen LogP contribution is 1.99. The molecule has 0 aliphatic rings. The topological polar surface area (TPSA) is 86.9 Å². The maximum absolute atomic E-state index is 11.7. The predicted octanol–water partition coefficient (Wildman–Crippen LogP) is 1.21. The number of carbonyl (C=O) groups excluding carboxylic acids is 2. The van der Waals surface area contributed by atoms with Gasteiger partial charge in [0, 0.05) is 25.7 Å². The van der Waals surface area contributed by atoms with Gasteiger partial charge in [0.25, 0.3) is 0 Å². The quantitative estimate of drug-likeness (QED) is 0.608. The Morgan fingerprint density at radius 3 is 2.52 bits per heavy atom. The molecule has 23 heavy (non-hydrogen) atoms. The number of benzene rings is 1. The third-order valence-electron chi connectivity index (χ3n) is 3.40. The van der Waals surface area contributed by atoms with Crippen molar-refractivity contribution in [3.63, 3.8) is 0 Å². The number of aryl methyl sites for hydroxylation is 1. The average Bonchev–Trinajstić information content (AvgIpc) is 3.06. The SMILES string of the molecule is O=C(CCNC(=O)Cc1ccccc1)NCCCc1cn[nH]c1. The van der Waals surface area contributed by atoms with Gasteiger partial charge in [-0.25, -0.2) is 0 Å². The summed E-state index contributed by atoms with van der Waals surface area (Å²) in [6, 6.07) is 9.54. The molecule has 0 aliphatic heterocycles. The van der Waals surface area contributed by atoms with E-state index in [0.29, 0.717) is 25.9 Å². The molecule has 6 heteroatoms. The predicted molar refractivity (Wildman–Crippen MR) is 87.7 cm³/mol. The molecule has 0 atom stereocenters. The molecule has 1 aromatic heterocycles. The third-order valence-corrected chi connectivity index (χ3v) is 3.40. The minimum Gasteiger partial charge on any atom is -0.356 e. The highest BCUT2D eigenvalue weighted by Gasteiger charge is 2.05. The zero-order chi connectivity index (χ0) is 16.3. The molecule has 3 N–H and O–H groups in total. The van der Waals surface area contributed by atoms with Crippen LogP contribution in [0.3, 0.4) is 0 Å². The fourth-order valence-electron chi connectivity index (χ4n) is 2.18. The first-order chi connectivity index (χ1) is 11.2. The van der Waals surface area contributed by atoms with Crippen molar-refractivity contribution in [1.29, 1.82) is 0 Å². The average molecular weight is 314 g/mol. The van der Waals surface area contributed by atoms with Gasteiger partial charge in [-0.3, -0.25) is 14.7 Å². The lowest BCUT2D eigenvalue weighted by molar-refractivity contribution is -0.122. The van der Waals surface area contributed by atoms with Gasteiger partial charge < -0.3 is 10.6 Å². The van der Waals surface area contributed by atoms with E-state index >= 15 is 0 Å². The highest BCUT2D eigenvalue weighted by molar-refractivity contribution is 5.80. The molecule has 0 fully saturated rings. The fourth-order valence-corrected chi connectivity index (χ4v) is 2.18. The number of carbonyl (C=O) groups is 2.